The standard InChI is InChI=1S/C18H21BrN2O3S/c1-13(2)14-3-7-16(8-4-14)21-18(22)11-12-20-25(23,24)17-9-5-15(19)6-10-17/h3-10,13,20H,11-12H2,1-2H3,(H,21,22). The van der Waals surface area contributed by atoms with E-state index in [1.165, 1.54) is 17.7 Å². The summed E-state index contributed by atoms with van der Waals surface area (Å²) in [5.41, 5.74) is 1.89. The lowest BCUT2D eigenvalue weighted by atomic mass is 10.0. The fourth-order valence-corrected chi connectivity index (χ4v) is 3.47. The summed E-state index contributed by atoms with van der Waals surface area (Å²) in [6, 6.07) is 13.9. The maximum atomic E-state index is 12.1. The molecule has 0 aliphatic heterocycles. The Balaban J connectivity index is 1.84. The first kappa shape index (κ1) is 19.6. The van der Waals surface area contributed by atoms with Crippen LogP contribution in [0.25, 0.3) is 0 Å². The maximum Gasteiger partial charge on any atom is 0.240 e. The van der Waals surface area contributed by atoms with E-state index in [4.69, 9.17) is 0 Å². The number of hydrogen-bond acceptors (Lipinski definition) is 3. The summed E-state index contributed by atoms with van der Waals surface area (Å²) in [5.74, 6) is 0.188. The number of nitrogens with one attached hydrogen (secondary N) is 2. The number of carbonyl (C=O) groups excluding carboxylic acids is 1. The summed E-state index contributed by atoms with van der Waals surface area (Å²) in [5, 5.41) is 2.76. The molecule has 2 aromatic carbocycles. The van der Waals surface area contributed by atoms with Crippen LogP contribution in [0, 0.1) is 0 Å². The minimum atomic E-state index is -3.61. The third-order valence-electron chi connectivity index (χ3n) is 3.63. The van der Waals surface area contributed by atoms with Crippen LogP contribution >= 0.6 is 15.9 Å². The number of rotatable bonds is 7. The highest BCUT2D eigenvalue weighted by molar-refractivity contribution is 9.10. The van der Waals surface area contributed by atoms with Crippen LogP contribution < -0.4 is 10.0 Å². The van der Waals surface area contributed by atoms with E-state index in [0.29, 0.717) is 11.6 Å². The summed E-state index contributed by atoms with van der Waals surface area (Å²) in [4.78, 5) is 12.1. The number of anilines is 1. The van der Waals surface area contributed by atoms with Gasteiger partial charge in [-0.1, -0.05) is 41.9 Å². The van der Waals surface area contributed by atoms with Gasteiger partial charge in [0.2, 0.25) is 15.9 Å². The monoisotopic (exact) mass is 424 g/mol. The summed E-state index contributed by atoms with van der Waals surface area (Å²) < 4.78 is 27.5. The molecule has 5 nitrogen and oxygen atoms in total. The zero-order valence-electron chi connectivity index (χ0n) is 14.1. The Hall–Kier alpha value is -1.70. The molecule has 2 aromatic rings. The van der Waals surface area contributed by atoms with E-state index in [9.17, 15) is 13.2 Å². The number of hydrogen-bond donors (Lipinski definition) is 2. The molecule has 0 spiro atoms. The smallest absolute Gasteiger partial charge is 0.240 e. The molecule has 7 heteroatoms. The fourth-order valence-electron chi connectivity index (χ4n) is 2.17. The first-order chi connectivity index (χ1) is 11.8. The van der Waals surface area contributed by atoms with Gasteiger partial charge in [0, 0.05) is 23.1 Å². The predicted molar refractivity (Wildman–Crippen MR) is 103 cm³/mol. The van der Waals surface area contributed by atoms with Crippen molar-refractivity contribution in [3.8, 4) is 0 Å². The Labute approximate surface area is 157 Å². The van der Waals surface area contributed by atoms with Gasteiger partial charge in [-0.3, -0.25) is 4.79 Å². The van der Waals surface area contributed by atoms with Crippen LogP contribution in [0.2, 0.25) is 0 Å². The molecule has 134 valence electrons. The van der Waals surface area contributed by atoms with Gasteiger partial charge in [-0.15, -0.1) is 0 Å². The van der Waals surface area contributed by atoms with Crippen molar-refractivity contribution in [1.29, 1.82) is 0 Å². The Kier molecular flexibility index (Phi) is 6.75. The molecule has 0 heterocycles. The predicted octanol–water partition coefficient (Wildman–Crippen LogP) is 3.88. The third-order valence-corrected chi connectivity index (χ3v) is 5.63. The number of sulfonamides is 1. The van der Waals surface area contributed by atoms with Crippen LogP contribution in [0.15, 0.2) is 57.9 Å². The number of carbonyl (C=O) groups is 1. The normalized spacial score (nSPS) is 11.5. The zero-order valence-corrected chi connectivity index (χ0v) is 16.5. The average Bonchev–Trinajstić information content (AvgIpc) is 2.55. The quantitative estimate of drug-likeness (QED) is 0.707. The summed E-state index contributed by atoms with van der Waals surface area (Å²) in [7, 11) is -3.61. The van der Waals surface area contributed by atoms with Gasteiger partial charge in [-0.2, -0.15) is 0 Å². The molecule has 2 N–H and O–H groups in total. The fraction of sp³-hybridized carbons (Fsp3) is 0.278. The van der Waals surface area contributed by atoms with E-state index in [1.54, 1.807) is 12.1 Å². The minimum absolute atomic E-state index is 0.0360. The number of amides is 1. The van der Waals surface area contributed by atoms with E-state index >= 15 is 0 Å². The molecular weight excluding hydrogens is 404 g/mol. The highest BCUT2D eigenvalue weighted by atomic mass is 79.9. The molecule has 0 radical (unpaired) electrons. The lowest BCUT2D eigenvalue weighted by Gasteiger charge is -2.09. The molecule has 0 aromatic heterocycles. The Morgan fingerprint density at radius 1 is 1.04 bits per heavy atom. The van der Waals surface area contributed by atoms with Crippen LogP contribution in [0.4, 0.5) is 5.69 Å². The van der Waals surface area contributed by atoms with E-state index < -0.39 is 10.0 Å². The highest BCUT2D eigenvalue weighted by Gasteiger charge is 2.14. The second kappa shape index (κ2) is 8.60. The summed E-state index contributed by atoms with van der Waals surface area (Å²) in [6.07, 6.45) is 0.0572. The second-order valence-corrected chi connectivity index (χ2v) is 8.61. The zero-order chi connectivity index (χ0) is 18.4. The van der Waals surface area contributed by atoms with Crippen molar-refractivity contribution in [3.05, 3.63) is 58.6 Å². The molecule has 2 rings (SSSR count). The third kappa shape index (κ3) is 5.95. The molecule has 0 aliphatic rings. The van der Waals surface area contributed by atoms with Crippen molar-refractivity contribution in [2.45, 2.75) is 31.1 Å². The minimum Gasteiger partial charge on any atom is -0.326 e. The van der Waals surface area contributed by atoms with E-state index in [0.717, 1.165) is 4.47 Å². The van der Waals surface area contributed by atoms with Crippen LogP contribution in [0.5, 0.6) is 0 Å². The molecule has 0 unspecified atom stereocenters. The van der Waals surface area contributed by atoms with Gasteiger partial charge in [0.15, 0.2) is 0 Å². The van der Waals surface area contributed by atoms with Gasteiger partial charge in [-0.05, 0) is 47.9 Å². The number of halogens is 1. The van der Waals surface area contributed by atoms with E-state index in [1.807, 2.05) is 24.3 Å². The molecule has 0 fully saturated rings. The first-order valence-electron chi connectivity index (χ1n) is 7.93. The molecular formula is C18H21BrN2O3S. The Morgan fingerprint density at radius 2 is 1.64 bits per heavy atom. The topological polar surface area (TPSA) is 75.3 Å². The molecule has 0 aliphatic carbocycles. The van der Waals surface area contributed by atoms with Crippen LogP contribution in [0.3, 0.4) is 0 Å². The molecule has 0 bridgehead atoms. The molecule has 0 saturated heterocycles. The first-order valence-corrected chi connectivity index (χ1v) is 10.2. The lowest BCUT2D eigenvalue weighted by molar-refractivity contribution is -0.116. The van der Waals surface area contributed by atoms with Crippen LogP contribution in [-0.4, -0.2) is 20.9 Å². The van der Waals surface area contributed by atoms with Gasteiger partial charge >= 0.3 is 0 Å². The molecule has 1 amide bonds. The van der Waals surface area contributed by atoms with Crippen LogP contribution in [0.1, 0.15) is 31.7 Å². The average molecular weight is 425 g/mol. The second-order valence-electron chi connectivity index (χ2n) is 5.93. The van der Waals surface area contributed by atoms with E-state index in [2.05, 4.69) is 39.8 Å². The molecule has 25 heavy (non-hydrogen) atoms. The van der Waals surface area contributed by atoms with Crippen molar-refractivity contribution in [2.75, 3.05) is 11.9 Å². The van der Waals surface area contributed by atoms with Crippen molar-refractivity contribution in [3.63, 3.8) is 0 Å². The summed E-state index contributed by atoms with van der Waals surface area (Å²) in [6.45, 7) is 4.24. The van der Waals surface area contributed by atoms with Gasteiger partial charge in [-0.25, -0.2) is 13.1 Å². The Bertz CT molecular complexity index is 816. The van der Waals surface area contributed by atoms with Gasteiger partial charge < -0.3 is 5.32 Å². The molecule has 0 atom stereocenters. The Morgan fingerprint density at radius 3 is 2.20 bits per heavy atom. The lowest BCUT2D eigenvalue weighted by Crippen LogP contribution is -2.27. The van der Waals surface area contributed by atoms with Crippen molar-refractivity contribution in [2.24, 2.45) is 0 Å². The highest BCUT2D eigenvalue weighted by Crippen LogP contribution is 2.17. The van der Waals surface area contributed by atoms with Crippen molar-refractivity contribution >= 4 is 37.5 Å². The van der Waals surface area contributed by atoms with E-state index in [-0.39, 0.29) is 23.8 Å². The van der Waals surface area contributed by atoms with Gasteiger partial charge in [0.1, 0.15) is 0 Å². The largest absolute Gasteiger partial charge is 0.326 e. The SMILES string of the molecule is CC(C)c1ccc(NC(=O)CCNS(=O)(=O)c2ccc(Br)cc2)cc1. The van der Waals surface area contributed by atoms with Gasteiger partial charge in [0.25, 0.3) is 0 Å². The summed E-state index contributed by atoms with van der Waals surface area (Å²) >= 11 is 3.26. The molecule has 0 saturated carbocycles. The van der Waals surface area contributed by atoms with Crippen LogP contribution in [-0.2, 0) is 14.8 Å². The van der Waals surface area contributed by atoms with Crippen molar-refractivity contribution < 1.29 is 13.2 Å². The number of benzene rings is 2. The maximum absolute atomic E-state index is 12.1. The van der Waals surface area contributed by atoms with Crippen molar-refractivity contribution in [1.82, 2.24) is 4.72 Å². The van der Waals surface area contributed by atoms with Gasteiger partial charge in [0.05, 0.1) is 4.90 Å².